The molecule has 19 heavy (non-hydrogen) atoms. The van der Waals surface area contributed by atoms with Gasteiger partial charge in [0.25, 0.3) is 5.78 Å². The zero-order chi connectivity index (χ0) is 14.7. The molecule has 1 heterocycles. The summed E-state index contributed by atoms with van der Waals surface area (Å²) < 4.78 is 5.02. The van der Waals surface area contributed by atoms with E-state index in [1.54, 1.807) is 13.8 Å². The van der Waals surface area contributed by atoms with Gasteiger partial charge in [-0.25, -0.2) is 0 Å². The van der Waals surface area contributed by atoms with Crippen LogP contribution in [-0.4, -0.2) is 40.1 Å². The number of carbonyl (C=O) groups is 3. The largest absolute Gasteiger partial charge is 0.400 e. The number of hydrogen-bond acceptors (Lipinski definition) is 4. The Balaban J connectivity index is 2.87. The molecule has 104 valence electrons. The molecule has 0 aromatic rings. The standard InChI is InChI=1S/C11H16N3O4P/c1-4(10(16)9(14-12)5(2)15)8-7(6(3)18-19)11(17)13-8/h4,6-8H,19H2,1-3H3,(H,13,17). The van der Waals surface area contributed by atoms with Crippen molar-refractivity contribution in [2.45, 2.75) is 32.9 Å². The fourth-order valence-corrected chi connectivity index (χ4v) is 2.28. The van der Waals surface area contributed by atoms with Gasteiger partial charge in [-0.05, 0) is 6.92 Å². The normalized spacial score (nSPS) is 24.5. The molecule has 0 aromatic heterocycles. The minimum Gasteiger partial charge on any atom is -0.362 e. The van der Waals surface area contributed by atoms with Crippen molar-refractivity contribution in [2.24, 2.45) is 11.8 Å². The van der Waals surface area contributed by atoms with Gasteiger partial charge in [0.2, 0.25) is 11.7 Å². The Morgan fingerprint density at radius 3 is 2.42 bits per heavy atom. The molecule has 0 aliphatic carbocycles. The molecule has 1 rings (SSSR count). The van der Waals surface area contributed by atoms with Crippen LogP contribution in [0, 0.1) is 11.8 Å². The fourth-order valence-electron chi connectivity index (χ4n) is 2.11. The first-order valence-corrected chi connectivity index (χ1v) is 6.25. The van der Waals surface area contributed by atoms with Crippen molar-refractivity contribution in [1.29, 1.82) is 0 Å². The molecule has 1 amide bonds. The molecule has 1 saturated heterocycles. The Morgan fingerprint density at radius 1 is 1.47 bits per heavy atom. The van der Waals surface area contributed by atoms with E-state index in [1.165, 1.54) is 0 Å². The predicted molar refractivity (Wildman–Crippen MR) is 69.2 cm³/mol. The Labute approximate surface area is 113 Å². The van der Waals surface area contributed by atoms with E-state index in [0.29, 0.717) is 0 Å². The fraction of sp³-hybridized carbons (Fsp3) is 0.636. The molecular weight excluding hydrogens is 269 g/mol. The maximum atomic E-state index is 12.0. The van der Waals surface area contributed by atoms with E-state index < -0.39 is 35.2 Å². The minimum absolute atomic E-state index is 0.204. The summed E-state index contributed by atoms with van der Waals surface area (Å²) in [4.78, 5) is 37.4. The van der Waals surface area contributed by atoms with Crippen LogP contribution in [0.4, 0.5) is 0 Å². The molecule has 1 aliphatic rings. The molecule has 8 heteroatoms. The van der Waals surface area contributed by atoms with Crippen molar-refractivity contribution in [3.8, 4) is 0 Å². The first-order valence-electron chi connectivity index (χ1n) is 5.78. The molecular formula is C11H16N3O4P. The number of ketones is 2. The molecule has 1 N–H and O–H groups in total. The predicted octanol–water partition coefficient (Wildman–Crippen LogP) is -0.239. The van der Waals surface area contributed by atoms with Crippen molar-refractivity contribution >= 4 is 32.7 Å². The molecule has 0 bridgehead atoms. The quantitative estimate of drug-likeness (QED) is 0.181. The number of amides is 1. The van der Waals surface area contributed by atoms with Crippen molar-refractivity contribution in [3.63, 3.8) is 0 Å². The van der Waals surface area contributed by atoms with Gasteiger partial charge in [-0.3, -0.25) is 14.4 Å². The number of carbonyl (C=O) groups excluding carboxylic acids is 3. The zero-order valence-corrected chi connectivity index (χ0v) is 12.1. The van der Waals surface area contributed by atoms with Gasteiger partial charge in [-0.2, -0.15) is 4.79 Å². The smallest absolute Gasteiger partial charge is 0.362 e. The lowest BCUT2D eigenvalue weighted by atomic mass is 9.76. The summed E-state index contributed by atoms with van der Waals surface area (Å²) >= 11 is 0. The SMILES string of the molecule is CC(=O)C(=[N+]=[N-])C(=O)C(C)C1NC(=O)C1C(C)OP. The van der Waals surface area contributed by atoms with E-state index in [1.807, 2.05) is 0 Å². The van der Waals surface area contributed by atoms with Crippen LogP contribution in [0.15, 0.2) is 0 Å². The Bertz CT molecular complexity index is 473. The molecule has 0 radical (unpaired) electrons. The van der Waals surface area contributed by atoms with Crippen LogP contribution in [0.5, 0.6) is 0 Å². The maximum absolute atomic E-state index is 12.0. The van der Waals surface area contributed by atoms with Crippen molar-refractivity contribution in [1.82, 2.24) is 5.32 Å². The van der Waals surface area contributed by atoms with Crippen LogP contribution < -0.4 is 5.32 Å². The molecule has 0 aromatic carbocycles. The van der Waals surface area contributed by atoms with Crippen LogP contribution in [0.1, 0.15) is 20.8 Å². The number of nitrogens with zero attached hydrogens (tertiary/aromatic N) is 2. The third-order valence-corrected chi connectivity index (χ3v) is 3.77. The zero-order valence-electron chi connectivity index (χ0n) is 10.9. The first kappa shape index (κ1) is 15.6. The van der Waals surface area contributed by atoms with E-state index in [4.69, 9.17) is 10.1 Å². The second-order valence-electron chi connectivity index (χ2n) is 4.56. The van der Waals surface area contributed by atoms with Crippen LogP contribution in [-0.2, 0) is 18.9 Å². The van der Waals surface area contributed by atoms with Crippen LogP contribution >= 0.6 is 9.47 Å². The van der Waals surface area contributed by atoms with Crippen LogP contribution in [0.25, 0.3) is 5.53 Å². The van der Waals surface area contributed by atoms with Gasteiger partial charge in [-0.15, -0.1) is 0 Å². The molecule has 0 spiro atoms. The Kier molecular flexibility index (Phi) is 5.06. The van der Waals surface area contributed by atoms with Crippen molar-refractivity contribution in [3.05, 3.63) is 5.53 Å². The average Bonchev–Trinajstić information content (AvgIpc) is 2.34. The molecule has 5 atom stereocenters. The van der Waals surface area contributed by atoms with E-state index in [0.717, 1.165) is 6.92 Å². The van der Waals surface area contributed by atoms with Gasteiger partial charge < -0.3 is 15.4 Å². The van der Waals surface area contributed by atoms with Crippen LogP contribution in [0.3, 0.4) is 0 Å². The number of nitrogens with one attached hydrogen (secondary N) is 1. The summed E-state index contributed by atoms with van der Waals surface area (Å²) in [5, 5.41) is 2.61. The summed E-state index contributed by atoms with van der Waals surface area (Å²) in [6.07, 6.45) is -0.370. The summed E-state index contributed by atoms with van der Waals surface area (Å²) in [6.45, 7) is 4.43. The van der Waals surface area contributed by atoms with Gasteiger partial charge in [0.15, 0.2) is 0 Å². The minimum atomic E-state index is -0.667. The summed E-state index contributed by atoms with van der Waals surface area (Å²) in [7, 11) is 2.07. The van der Waals surface area contributed by atoms with Gasteiger partial charge >= 0.3 is 5.71 Å². The number of hydrogen-bond donors (Lipinski definition) is 1. The number of rotatable bonds is 6. The third-order valence-electron chi connectivity index (χ3n) is 3.34. The van der Waals surface area contributed by atoms with Crippen molar-refractivity contribution in [2.75, 3.05) is 0 Å². The molecule has 1 aliphatic heterocycles. The highest BCUT2D eigenvalue weighted by molar-refractivity contribution is 7.09. The monoisotopic (exact) mass is 285 g/mol. The second-order valence-corrected chi connectivity index (χ2v) is 4.83. The first-order chi connectivity index (χ1) is 8.84. The summed E-state index contributed by atoms with van der Waals surface area (Å²) in [5.74, 6) is -2.55. The van der Waals surface area contributed by atoms with Gasteiger partial charge in [0.05, 0.1) is 18.1 Å². The lowest BCUT2D eigenvalue weighted by Crippen LogP contribution is -2.66. The van der Waals surface area contributed by atoms with E-state index >= 15 is 0 Å². The van der Waals surface area contributed by atoms with Gasteiger partial charge in [0.1, 0.15) is 0 Å². The average molecular weight is 285 g/mol. The highest BCUT2D eigenvalue weighted by atomic mass is 31.0. The number of β-lactam (4-membered cyclic amide) rings is 1. The Hall–Kier alpha value is -1.42. The van der Waals surface area contributed by atoms with Crippen LogP contribution in [0.2, 0.25) is 0 Å². The van der Waals surface area contributed by atoms with Crippen molar-refractivity contribution < 1.29 is 23.7 Å². The second kappa shape index (κ2) is 6.15. The highest BCUT2D eigenvalue weighted by Crippen LogP contribution is 2.28. The van der Waals surface area contributed by atoms with E-state index in [9.17, 15) is 14.4 Å². The maximum Gasteiger partial charge on any atom is 0.400 e. The highest BCUT2D eigenvalue weighted by Gasteiger charge is 2.49. The van der Waals surface area contributed by atoms with Gasteiger partial charge in [0, 0.05) is 22.3 Å². The summed E-state index contributed by atoms with van der Waals surface area (Å²) in [6, 6.07) is -0.438. The lowest BCUT2D eigenvalue weighted by Gasteiger charge is -2.41. The molecule has 7 nitrogen and oxygen atoms in total. The lowest BCUT2D eigenvalue weighted by molar-refractivity contribution is -0.143. The molecule has 0 saturated carbocycles. The molecule has 5 unspecified atom stereocenters. The topological polar surface area (TPSA) is 109 Å². The van der Waals surface area contributed by atoms with E-state index in [-0.39, 0.29) is 12.0 Å². The third kappa shape index (κ3) is 2.95. The van der Waals surface area contributed by atoms with E-state index in [2.05, 4.69) is 19.6 Å². The van der Waals surface area contributed by atoms with Gasteiger partial charge in [-0.1, -0.05) is 6.92 Å². The molecule has 1 fully saturated rings. The number of Topliss-reactive ketones (excluding diaryl/α,β-unsaturated/α-hetero) is 2. The summed E-state index contributed by atoms with van der Waals surface area (Å²) in [5.41, 5.74) is 8.18. The Morgan fingerprint density at radius 2 is 2.05 bits per heavy atom.